The van der Waals surface area contributed by atoms with E-state index < -0.39 is 0 Å². The number of nitrogens with one attached hydrogen (secondary N) is 2. The summed E-state index contributed by atoms with van der Waals surface area (Å²) in [7, 11) is 1.77. The minimum absolute atomic E-state index is 0. The lowest BCUT2D eigenvalue weighted by atomic mass is 10.2. The summed E-state index contributed by atoms with van der Waals surface area (Å²) in [6, 6.07) is 0. The monoisotopic (exact) mass is 475 g/mol. The van der Waals surface area contributed by atoms with E-state index in [-0.39, 0.29) is 24.0 Å². The van der Waals surface area contributed by atoms with Gasteiger partial charge >= 0.3 is 0 Å². The zero-order valence-corrected chi connectivity index (χ0v) is 18.1. The lowest BCUT2D eigenvalue weighted by Crippen LogP contribution is -2.37. The van der Waals surface area contributed by atoms with Gasteiger partial charge < -0.3 is 15.2 Å². The van der Waals surface area contributed by atoms with Crippen LogP contribution in [0.15, 0.2) is 10.4 Å². The topological polar surface area (TPSA) is 80.0 Å². The first-order valence-corrected chi connectivity index (χ1v) is 9.35. The highest BCUT2D eigenvalue weighted by molar-refractivity contribution is 14.0. The van der Waals surface area contributed by atoms with Crippen LogP contribution in [0.25, 0.3) is 0 Å². The maximum absolute atomic E-state index is 4.63. The van der Waals surface area contributed by atoms with Gasteiger partial charge in [0.15, 0.2) is 11.8 Å². The molecule has 0 amide bonds. The minimum atomic E-state index is 0. The van der Waals surface area contributed by atoms with E-state index >= 15 is 0 Å². The van der Waals surface area contributed by atoms with Crippen LogP contribution in [-0.2, 0) is 26.1 Å². The van der Waals surface area contributed by atoms with Crippen molar-refractivity contribution < 1.29 is 0 Å². The normalized spacial score (nSPS) is 14.2. The zero-order chi connectivity index (χ0) is 16.9. The SMILES string of the molecule is CN=C(NCc1nc(C(C)C)cs1)NCc1nnc2n1CCCC2.I. The average molecular weight is 475 g/mol. The van der Waals surface area contributed by atoms with Gasteiger partial charge in [0.25, 0.3) is 0 Å². The standard InChI is InChI=1S/C16H25N7S.HI/c1-11(2)12-10-24-15(20-12)9-19-16(17-3)18-8-14-22-21-13-6-4-5-7-23(13)14;/h10-11H,4-9H2,1-3H3,(H2,17,18,19);1H. The van der Waals surface area contributed by atoms with Crippen molar-refractivity contribution in [2.75, 3.05) is 7.05 Å². The molecule has 0 radical (unpaired) electrons. The number of guanidine groups is 1. The molecule has 0 spiro atoms. The molecule has 9 heteroatoms. The van der Waals surface area contributed by atoms with Gasteiger partial charge in [0.2, 0.25) is 0 Å². The van der Waals surface area contributed by atoms with Crippen LogP contribution < -0.4 is 10.6 Å². The van der Waals surface area contributed by atoms with E-state index in [1.54, 1.807) is 18.4 Å². The molecule has 25 heavy (non-hydrogen) atoms. The Morgan fingerprint density at radius 3 is 2.80 bits per heavy atom. The first-order chi connectivity index (χ1) is 11.7. The van der Waals surface area contributed by atoms with Crippen molar-refractivity contribution in [1.29, 1.82) is 0 Å². The van der Waals surface area contributed by atoms with Crippen molar-refractivity contribution in [3.8, 4) is 0 Å². The third-order valence-corrected chi connectivity index (χ3v) is 5.01. The second kappa shape index (κ2) is 9.46. The smallest absolute Gasteiger partial charge is 0.191 e. The first kappa shape index (κ1) is 20.1. The molecule has 1 aliphatic rings. The highest BCUT2D eigenvalue weighted by atomic mass is 127. The van der Waals surface area contributed by atoms with Crippen LogP contribution in [0.4, 0.5) is 0 Å². The fraction of sp³-hybridized carbons (Fsp3) is 0.625. The van der Waals surface area contributed by atoms with Gasteiger partial charge in [-0.15, -0.1) is 45.5 Å². The third kappa shape index (κ3) is 5.13. The van der Waals surface area contributed by atoms with Gasteiger partial charge in [0.05, 0.1) is 18.8 Å². The van der Waals surface area contributed by atoms with Crippen LogP contribution in [0.2, 0.25) is 0 Å². The molecule has 3 rings (SSSR count). The predicted molar refractivity (Wildman–Crippen MR) is 112 cm³/mol. The highest BCUT2D eigenvalue weighted by Gasteiger charge is 2.15. The van der Waals surface area contributed by atoms with Gasteiger partial charge in [-0.2, -0.15) is 0 Å². The molecule has 3 heterocycles. The van der Waals surface area contributed by atoms with E-state index in [0.29, 0.717) is 19.0 Å². The molecular formula is C16H26IN7S. The molecule has 0 aliphatic carbocycles. The van der Waals surface area contributed by atoms with Gasteiger partial charge in [-0.25, -0.2) is 4.98 Å². The summed E-state index contributed by atoms with van der Waals surface area (Å²) in [5.41, 5.74) is 1.15. The van der Waals surface area contributed by atoms with Crippen molar-refractivity contribution in [1.82, 2.24) is 30.4 Å². The Labute approximate surface area is 169 Å². The Kier molecular flexibility index (Phi) is 7.60. The van der Waals surface area contributed by atoms with Crippen molar-refractivity contribution in [2.24, 2.45) is 4.99 Å². The number of aromatic nitrogens is 4. The van der Waals surface area contributed by atoms with Crippen molar-refractivity contribution >= 4 is 41.3 Å². The summed E-state index contributed by atoms with van der Waals surface area (Å²) >= 11 is 1.68. The number of rotatable bonds is 5. The molecule has 0 aromatic carbocycles. The van der Waals surface area contributed by atoms with Crippen LogP contribution in [0.5, 0.6) is 0 Å². The lowest BCUT2D eigenvalue weighted by Gasteiger charge is -2.15. The van der Waals surface area contributed by atoms with Gasteiger partial charge in [-0.3, -0.25) is 4.99 Å². The fourth-order valence-electron chi connectivity index (χ4n) is 2.71. The Bertz CT molecular complexity index is 707. The quantitative estimate of drug-likeness (QED) is 0.395. The number of halogens is 1. The Morgan fingerprint density at radius 1 is 1.28 bits per heavy atom. The molecule has 0 bridgehead atoms. The van der Waals surface area contributed by atoms with Crippen LogP contribution in [0, 0.1) is 0 Å². The van der Waals surface area contributed by atoms with Crippen LogP contribution in [-0.4, -0.2) is 32.8 Å². The van der Waals surface area contributed by atoms with Crippen LogP contribution in [0.1, 0.15) is 55.0 Å². The minimum Gasteiger partial charge on any atom is -0.350 e. The number of fused-ring (bicyclic) bond motifs is 1. The second-order valence-corrected chi connectivity index (χ2v) is 7.18. The summed E-state index contributed by atoms with van der Waals surface area (Å²) in [5.74, 6) is 3.30. The summed E-state index contributed by atoms with van der Waals surface area (Å²) < 4.78 is 2.22. The molecule has 138 valence electrons. The molecule has 7 nitrogen and oxygen atoms in total. The predicted octanol–water partition coefficient (Wildman–Crippen LogP) is 2.68. The molecule has 2 aromatic rings. The molecule has 0 saturated heterocycles. The van der Waals surface area contributed by atoms with Gasteiger partial charge in [0, 0.05) is 25.4 Å². The first-order valence-electron chi connectivity index (χ1n) is 8.47. The lowest BCUT2D eigenvalue weighted by molar-refractivity contribution is 0.504. The molecule has 1 aliphatic heterocycles. The average Bonchev–Trinajstić information content (AvgIpc) is 3.22. The van der Waals surface area contributed by atoms with E-state index in [9.17, 15) is 0 Å². The number of nitrogens with zero attached hydrogens (tertiary/aromatic N) is 5. The van der Waals surface area contributed by atoms with Crippen LogP contribution >= 0.6 is 35.3 Å². The highest BCUT2D eigenvalue weighted by Crippen LogP contribution is 2.17. The fourth-order valence-corrected chi connectivity index (χ4v) is 3.61. The second-order valence-electron chi connectivity index (χ2n) is 6.24. The molecule has 2 N–H and O–H groups in total. The zero-order valence-electron chi connectivity index (χ0n) is 14.9. The van der Waals surface area contributed by atoms with Crippen LogP contribution in [0.3, 0.4) is 0 Å². The Hall–Kier alpha value is -1.23. The molecule has 0 atom stereocenters. The summed E-state index contributed by atoms with van der Waals surface area (Å²) in [4.78, 5) is 8.90. The number of aryl methyl sites for hydroxylation is 1. The summed E-state index contributed by atoms with van der Waals surface area (Å²) in [5, 5.41) is 18.4. The van der Waals surface area contributed by atoms with E-state index in [2.05, 4.69) is 54.6 Å². The van der Waals surface area contributed by atoms with Gasteiger partial charge in [-0.1, -0.05) is 13.8 Å². The third-order valence-electron chi connectivity index (χ3n) is 4.14. The molecule has 0 fully saturated rings. The Morgan fingerprint density at radius 2 is 2.08 bits per heavy atom. The summed E-state index contributed by atoms with van der Waals surface area (Å²) in [6.45, 7) is 6.64. The maximum atomic E-state index is 4.63. The number of aliphatic imine (C=N–C) groups is 1. The summed E-state index contributed by atoms with van der Waals surface area (Å²) in [6.07, 6.45) is 3.44. The van der Waals surface area contributed by atoms with Gasteiger partial charge in [0.1, 0.15) is 10.8 Å². The van der Waals surface area contributed by atoms with E-state index in [4.69, 9.17) is 0 Å². The number of hydrogen-bond donors (Lipinski definition) is 2. The van der Waals surface area contributed by atoms with Gasteiger partial charge in [-0.05, 0) is 18.8 Å². The molecule has 0 saturated carbocycles. The van der Waals surface area contributed by atoms with Crippen molar-refractivity contribution in [2.45, 2.75) is 58.7 Å². The van der Waals surface area contributed by atoms with Crippen molar-refractivity contribution in [3.05, 3.63) is 27.7 Å². The number of thiazole rings is 1. The molecule has 0 unspecified atom stereocenters. The van der Waals surface area contributed by atoms with Crippen molar-refractivity contribution in [3.63, 3.8) is 0 Å². The Balaban J connectivity index is 0.00000225. The molecule has 2 aromatic heterocycles. The largest absolute Gasteiger partial charge is 0.350 e. The van der Waals surface area contributed by atoms with E-state index in [1.807, 2.05) is 0 Å². The van der Waals surface area contributed by atoms with E-state index in [0.717, 1.165) is 41.3 Å². The maximum Gasteiger partial charge on any atom is 0.191 e. The van der Waals surface area contributed by atoms with E-state index in [1.165, 1.54) is 12.8 Å². The molecular weight excluding hydrogens is 449 g/mol. The number of hydrogen-bond acceptors (Lipinski definition) is 5.